The number of rotatable bonds is 13. The number of ether oxygens (including phenoxy) is 3. The van der Waals surface area contributed by atoms with Crippen molar-refractivity contribution in [3.8, 4) is 5.88 Å². The number of aromatic amines is 1. The molecule has 39 heavy (non-hydrogen) atoms. The van der Waals surface area contributed by atoms with E-state index in [4.69, 9.17) is 14.2 Å². The second kappa shape index (κ2) is 14.5. The predicted molar refractivity (Wildman–Crippen MR) is 142 cm³/mol. The first kappa shape index (κ1) is 29.1. The Morgan fingerprint density at radius 2 is 1.44 bits per heavy atom. The first-order chi connectivity index (χ1) is 18.8. The van der Waals surface area contributed by atoms with Crippen LogP contribution < -0.4 is 16.0 Å². The van der Waals surface area contributed by atoms with Crippen LogP contribution in [0.3, 0.4) is 0 Å². The summed E-state index contributed by atoms with van der Waals surface area (Å²) in [5, 5.41) is 0. The number of nitrogens with zero attached hydrogens (tertiary/aromatic N) is 1. The van der Waals surface area contributed by atoms with Crippen molar-refractivity contribution in [2.75, 3.05) is 13.2 Å². The van der Waals surface area contributed by atoms with Crippen LogP contribution in [0.2, 0.25) is 0 Å². The highest BCUT2D eigenvalue weighted by atomic mass is 16.6. The van der Waals surface area contributed by atoms with Gasteiger partial charge in [0.1, 0.15) is 13.2 Å². The van der Waals surface area contributed by atoms with E-state index in [-0.39, 0.29) is 62.4 Å². The van der Waals surface area contributed by atoms with Crippen molar-refractivity contribution >= 4 is 17.9 Å². The van der Waals surface area contributed by atoms with Gasteiger partial charge in [0.2, 0.25) is 5.88 Å². The molecule has 1 aromatic heterocycles. The van der Waals surface area contributed by atoms with Crippen LogP contribution in [-0.2, 0) is 36.8 Å². The standard InChI is InChI=1S/C29H32N2O8/c1-3-20(2)28(35)38-17-16-37-24(32)14-15-25(33)39-26-23(18-21-10-6-4-7-11-21)27(34)31(29(36)30-26)19-22-12-8-5-9-13-22/h4-13,20H,3,14-19H2,1-2H3,(H,30,36). The Kier molecular flexibility index (Phi) is 10.8. The second-order valence-corrected chi connectivity index (χ2v) is 8.95. The highest BCUT2D eigenvalue weighted by Crippen LogP contribution is 2.16. The average Bonchev–Trinajstić information content (AvgIpc) is 2.94. The molecule has 206 valence electrons. The molecule has 0 aliphatic heterocycles. The van der Waals surface area contributed by atoms with Gasteiger partial charge in [-0.1, -0.05) is 74.5 Å². The topological polar surface area (TPSA) is 134 Å². The number of esters is 3. The van der Waals surface area contributed by atoms with Gasteiger partial charge in [-0.25, -0.2) is 4.79 Å². The first-order valence-corrected chi connectivity index (χ1v) is 12.7. The summed E-state index contributed by atoms with van der Waals surface area (Å²) in [6, 6.07) is 18.1. The maximum atomic E-state index is 13.4. The minimum Gasteiger partial charge on any atom is -0.462 e. The van der Waals surface area contributed by atoms with Crippen LogP contribution in [0, 0.1) is 5.92 Å². The third-order valence-corrected chi connectivity index (χ3v) is 6.00. The number of hydrogen-bond donors (Lipinski definition) is 1. The van der Waals surface area contributed by atoms with E-state index in [9.17, 15) is 24.0 Å². The summed E-state index contributed by atoms with van der Waals surface area (Å²) >= 11 is 0. The fourth-order valence-corrected chi connectivity index (χ4v) is 3.59. The van der Waals surface area contributed by atoms with E-state index in [2.05, 4.69) is 4.98 Å². The molecule has 3 rings (SSSR count). The fraction of sp³-hybridized carbons (Fsp3) is 0.345. The van der Waals surface area contributed by atoms with Crippen LogP contribution in [0.4, 0.5) is 0 Å². The molecule has 0 fully saturated rings. The second-order valence-electron chi connectivity index (χ2n) is 8.95. The van der Waals surface area contributed by atoms with E-state index in [0.717, 1.165) is 15.7 Å². The highest BCUT2D eigenvalue weighted by Gasteiger charge is 2.20. The van der Waals surface area contributed by atoms with Crippen LogP contribution in [0.5, 0.6) is 5.88 Å². The summed E-state index contributed by atoms with van der Waals surface area (Å²) in [6.45, 7) is 3.43. The zero-order valence-corrected chi connectivity index (χ0v) is 22.0. The molecular weight excluding hydrogens is 504 g/mol. The Bertz CT molecular complexity index is 1380. The van der Waals surface area contributed by atoms with E-state index in [1.54, 1.807) is 31.2 Å². The van der Waals surface area contributed by atoms with Crippen molar-refractivity contribution < 1.29 is 28.6 Å². The lowest BCUT2D eigenvalue weighted by Crippen LogP contribution is -2.38. The molecule has 0 saturated heterocycles. The Labute approximate surface area is 225 Å². The van der Waals surface area contributed by atoms with E-state index in [1.165, 1.54) is 0 Å². The molecule has 1 N–H and O–H groups in total. The molecule has 10 nitrogen and oxygen atoms in total. The Hall–Kier alpha value is -4.47. The van der Waals surface area contributed by atoms with Gasteiger partial charge in [-0.05, 0) is 17.5 Å². The molecule has 0 saturated carbocycles. The van der Waals surface area contributed by atoms with Gasteiger partial charge in [-0.15, -0.1) is 0 Å². The molecule has 0 aliphatic carbocycles. The largest absolute Gasteiger partial charge is 0.462 e. The Morgan fingerprint density at radius 1 is 0.846 bits per heavy atom. The van der Waals surface area contributed by atoms with Crippen LogP contribution >= 0.6 is 0 Å². The van der Waals surface area contributed by atoms with Crippen LogP contribution in [-0.4, -0.2) is 40.7 Å². The summed E-state index contributed by atoms with van der Waals surface area (Å²) in [4.78, 5) is 64.8. The third-order valence-electron chi connectivity index (χ3n) is 6.00. The summed E-state index contributed by atoms with van der Waals surface area (Å²) in [6.07, 6.45) is 0.124. The molecule has 0 radical (unpaired) electrons. The number of carbonyl (C=O) groups is 3. The SMILES string of the molecule is CCC(C)C(=O)OCCOC(=O)CCC(=O)Oc1[nH]c(=O)n(Cc2ccccc2)c(=O)c1Cc1ccccc1. The number of aromatic nitrogens is 2. The fourth-order valence-electron chi connectivity index (χ4n) is 3.59. The number of H-pyrrole nitrogens is 1. The van der Waals surface area contributed by atoms with Gasteiger partial charge in [-0.2, -0.15) is 0 Å². The van der Waals surface area contributed by atoms with Crippen LogP contribution in [0.1, 0.15) is 49.8 Å². The monoisotopic (exact) mass is 536 g/mol. The number of nitrogens with one attached hydrogen (secondary N) is 1. The molecule has 1 heterocycles. The summed E-state index contributed by atoms with van der Waals surface area (Å²) in [5.41, 5.74) is 0.336. The molecular formula is C29H32N2O8. The summed E-state index contributed by atoms with van der Waals surface area (Å²) in [7, 11) is 0. The van der Waals surface area contributed by atoms with Gasteiger partial charge in [0.25, 0.3) is 5.56 Å². The average molecular weight is 537 g/mol. The minimum absolute atomic E-state index is 0.0452. The van der Waals surface area contributed by atoms with Crippen molar-refractivity contribution in [1.82, 2.24) is 9.55 Å². The van der Waals surface area contributed by atoms with Crippen molar-refractivity contribution in [2.45, 2.75) is 46.1 Å². The van der Waals surface area contributed by atoms with Gasteiger partial charge in [-0.3, -0.25) is 28.7 Å². The highest BCUT2D eigenvalue weighted by molar-refractivity contribution is 5.79. The van der Waals surface area contributed by atoms with Crippen molar-refractivity contribution in [3.05, 3.63) is 98.2 Å². The lowest BCUT2D eigenvalue weighted by atomic mass is 10.1. The normalized spacial score (nSPS) is 11.4. The molecule has 0 bridgehead atoms. The Morgan fingerprint density at radius 3 is 2.08 bits per heavy atom. The van der Waals surface area contributed by atoms with Gasteiger partial charge in [0, 0.05) is 6.42 Å². The lowest BCUT2D eigenvalue weighted by molar-refractivity contribution is -0.155. The zero-order valence-electron chi connectivity index (χ0n) is 22.0. The maximum absolute atomic E-state index is 13.4. The molecule has 0 spiro atoms. The van der Waals surface area contributed by atoms with E-state index in [0.29, 0.717) is 6.42 Å². The molecule has 1 atom stereocenters. The molecule has 0 aliphatic rings. The smallest absolute Gasteiger partial charge is 0.331 e. The van der Waals surface area contributed by atoms with Crippen molar-refractivity contribution in [3.63, 3.8) is 0 Å². The van der Waals surface area contributed by atoms with Crippen LogP contribution in [0.25, 0.3) is 0 Å². The van der Waals surface area contributed by atoms with Gasteiger partial charge < -0.3 is 14.2 Å². The Balaban J connectivity index is 1.67. The van der Waals surface area contributed by atoms with Crippen molar-refractivity contribution in [1.29, 1.82) is 0 Å². The summed E-state index contributed by atoms with van der Waals surface area (Å²) in [5.74, 6) is -2.37. The van der Waals surface area contributed by atoms with Crippen molar-refractivity contribution in [2.24, 2.45) is 5.92 Å². The molecule has 2 aromatic carbocycles. The van der Waals surface area contributed by atoms with E-state index >= 15 is 0 Å². The number of carbonyl (C=O) groups excluding carboxylic acids is 3. The zero-order chi connectivity index (χ0) is 28.2. The minimum atomic E-state index is -0.819. The molecule has 3 aromatic rings. The number of benzene rings is 2. The lowest BCUT2D eigenvalue weighted by Gasteiger charge is -2.13. The summed E-state index contributed by atoms with van der Waals surface area (Å²) < 4.78 is 16.4. The van der Waals surface area contributed by atoms with E-state index < -0.39 is 23.2 Å². The molecule has 1 unspecified atom stereocenters. The van der Waals surface area contributed by atoms with Gasteiger partial charge in [0.05, 0.1) is 30.9 Å². The maximum Gasteiger partial charge on any atom is 0.331 e. The number of hydrogen-bond acceptors (Lipinski definition) is 8. The van der Waals surface area contributed by atoms with Gasteiger partial charge >= 0.3 is 23.6 Å². The molecule has 10 heteroatoms. The van der Waals surface area contributed by atoms with Gasteiger partial charge in [0.15, 0.2) is 0 Å². The van der Waals surface area contributed by atoms with Crippen LogP contribution in [0.15, 0.2) is 70.3 Å². The first-order valence-electron chi connectivity index (χ1n) is 12.7. The third kappa shape index (κ3) is 8.80. The van der Waals surface area contributed by atoms with E-state index in [1.807, 2.05) is 43.3 Å². The molecule has 0 amide bonds. The quantitative estimate of drug-likeness (QED) is 0.260. The predicted octanol–water partition coefficient (Wildman–Crippen LogP) is 2.99.